The predicted molar refractivity (Wildman–Crippen MR) is 118 cm³/mol. The highest BCUT2D eigenvalue weighted by Gasteiger charge is 2.27. The number of Topliss-reactive ketones (excluding diaryl/α,β-unsaturated/α-hetero) is 1. The molecule has 30 heavy (non-hydrogen) atoms. The molecule has 0 radical (unpaired) electrons. The summed E-state index contributed by atoms with van der Waals surface area (Å²) in [5.41, 5.74) is 7.15. The Bertz CT molecular complexity index is 861. The molecular formula is C22H33N5O3. The van der Waals surface area contributed by atoms with Crippen LogP contribution in [-0.2, 0) is 16.0 Å². The number of amides is 3. The standard InChI is InChI=1S/C22H33N5O3/c1-4-24-19(12-15-13-26-17-9-6-5-8-16(15)17)21(29)27-18(20(28)14(2)3)10-7-11-25-22(23)30/h5-6,8-9,13-14,18-19,24,26H,4,7,10-12H2,1-3H3,(H,27,29)(H3,23,25,30)/t18-,19+/m1/s1. The molecule has 3 amide bonds. The first-order chi connectivity index (χ1) is 14.3. The average molecular weight is 416 g/mol. The number of hydrogen-bond acceptors (Lipinski definition) is 4. The number of urea groups is 1. The predicted octanol–water partition coefficient (Wildman–Crippen LogP) is 1.85. The van der Waals surface area contributed by atoms with E-state index in [0.717, 1.165) is 16.5 Å². The summed E-state index contributed by atoms with van der Waals surface area (Å²) in [4.78, 5) is 39.7. The number of benzene rings is 1. The zero-order valence-corrected chi connectivity index (χ0v) is 18.0. The molecule has 0 aliphatic heterocycles. The lowest BCUT2D eigenvalue weighted by Crippen LogP contribution is -2.52. The molecule has 6 N–H and O–H groups in total. The van der Waals surface area contributed by atoms with Gasteiger partial charge in [-0.15, -0.1) is 0 Å². The second-order valence-electron chi connectivity index (χ2n) is 7.73. The van der Waals surface area contributed by atoms with Crippen LogP contribution in [-0.4, -0.2) is 47.9 Å². The number of nitrogens with two attached hydrogens (primary N) is 1. The van der Waals surface area contributed by atoms with Gasteiger partial charge in [-0.1, -0.05) is 39.0 Å². The smallest absolute Gasteiger partial charge is 0.312 e. The number of ketones is 1. The van der Waals surface area contributed by atoms with Crippen LogP contribution in [0.15, 0.2) is 30.5 Å². The van der Waals surface area contributed by atoms with Crippen LogP contribution in [0.2, 0.25) is 0 Å². The summed E-state index contributed by atoms with van der Waals surface area (Å²) in [6, 6.07) is 6.30. The zero-order chi connectivity index (χ0) is 22.1. The lowest BCUT2D eigenvalue weighted by Gasteiger charge is -2.24. The van der Waals surface area contributed by atoms with Gasteiger partial charge in [0.2, 0.25) is 5.91 Å². The molecule has 1 heterocycles. The summed E-state index contributed by atoms with van der Waals surface area (Å²) in [5, 5.41) is 9.75. The maximum atomic E-state index is 13.0. The summed E-state index contributed by atoms with van der Waals surface area (Å²) < 4.78 is 0. The van der Waals surface area contributed by atoms with Crippen molar-refractivity contribution in [1.82, 2.24) is 20.9 Å². The number of fused-ring (bicyclic) bond motifs is 1. The Balaban J connectivity index is 2.08. The fourth-order valence-corrected chi connectivity index (χ4v) is 3.50. The second kappa shape index (κ2) is 11.3. The van der Waals surface area contributed by atoms with Crippen molar-refractivity contribution in [2.75, 3.05) is 13.1 Å². The Hall–Kier alpha value is -2.87. The molecule has 2 aromatic rings. The number of aromatic nitrogens is 1. The summed E-state index contributed by atoms with van der Waals surface area (Å²) in [6.07, 6.45) is 3.42. The van der Waals surface area contributed by atoms with E-state index in [0.29, 0.717) is 32.4 Å². The highest BCUT2D eigenvalue weighted by molar-refractivity contribution is 5.92. The maximum Gasteiger partial charge on any atom is 0.312 e. The summed E-state index contributed by atoms with van der Waals surface area (Å²) in [5.74, 6) is -0.431. The maximum absolute atomic E-state index is 13.0. The Morgan fingerprint density at radius 1 is 1.13 bits per heavy atom. The van der Waals surface area contributed by atoms with Gasteiger partial charge in [0.15, 0.2) is 5.78 Å². The molecule has 1 aromatic carbocycles. The highest BCUT2D eigenvalue weighted by Crippen LogP contribution is 2.19. The van der Waals surface area contributed by atoms with Crippen molar-refractivity contribution in [1.29, 1.82) is 0 Å². The van der Waals surface area contributed by atoms with Crippen molar-refractivity contribution >= 4 is 28.6 Å². The number of nitrogens with one attached hydrogen (secondary N) is 4. The van der Waals surface area contributed by atoms with E-state index in [2.05, 4.69) is 20.9 Å². The number of para-hydroxylation sites is 1. The van der Waals surface area contributed by atoms with Crippen molar-refractivity contribution in [2.24, 2.45) is 11.7 Å². The van der Waals surface area contributed by atoms with Gasteiger partial charge in [-0.2, -0.15) is 0 Å². The summed E-state index contributed by atoms with van der Waals surface area (Å²) in [6.45, 7) is 6.57. The van der Waals surface area contributed by atoms with Crippen molar-refractivity contribution in [3.05, 3.63) is 36.0 Å². The van der Waals surface area contributed by atoms with Gasteiger partial charge in [0.05, 0.1) is 12.1 Å². The first kappa shape index (κ1) is 23.4. The van der Waals surface area contributed by atoms with E-state index in [1.807, 2.05) is 51.2 Å². The quantitative estimate of drug-likeness (QED) is 0.339. The fourth-order valence-electron chi connectivity index (χ4n) is 3.50. The van der Waals surface area contributed by atoms with Crippen LogP contribution in [0.1, 0.15) is 39.2 Å². The van der Waals surface area contributed by atoms with Gasteiger partial charge in [0, 0.05) is 29.6 Å². The van der Waals surface area contributed by atoms with E-state index >= 15 is 0 Å². The lowest BCUT2D eigenvalue weighted by molar-refractivity contribution is -0.130. The molecule has 8 nitrogen and oxygen atoms in total. The molecule has 0 aliphatic carbocycles. The van der Waals surface area contributed by atoms with E-state index in [9.17, 15) is 14.4 Å². The Kier molecular flexibility index (Phi) is 8.86. The van der Waals surface area contributed by atoms with Gasteiger partial charge in [-0.25, -0.2) is 4.79 Å². The SMILES string of the molecule is CCN[C@@H](Cc1c[nH]c2ccccc12)C(=O)N[C@H](CCCNC(N)=O)C(=O)C(C)C. The monoisotopic (exact) mass is 415 g/mol. The van der Waals surface area contributed by atoms with Crippen LogP contribution in [0.3, 0.4) is 0 Å². The molecule has 0 saturated carbocycles. The van der Waals surface area contributed by atoms with Crippen LogP contribution in [0.4, 0.5) is 4.79 Å². The minimum Gasteiger partial charge on any atom is -0.361 e. The number of carbonyl (C=O) groups excluding carboxylic acids is 3. The molecule has 164 valence electrons. The highest BCUT2D eigenvalue weighted by atomic mass is 16.2. The largest absolute Gasteiger partial charge is 0.361 e. The summed E-state index contributed by atoms with van der Waals surface area (Å²) >= 11 is 0. The Morgan fingerprint density at radius 2 is 1.87 bits per heavy atom. The van der Waals surface area contributed by atoms with Gasteiger partial charge in [-0.3, -0.25) is 9.59 Å². The number of likely N-dealkylation sites (N-methyl/N-ethyl adjacent to an activating group) is 1. The normalized spacial score (nSPS) is 13.2. The third kappa shape index (κ3) is 6.59. The fraction of sp³-hybridized carbons (Fsp3) is 0.500. The molecule has 0 spiro atoms. The van der Waals surface area contributed by atoms with Gasteiger partial charge in [-0.05, 0) is 37.4 Å². The molecule has 0 unspecified atom stereocenters. The molecule has 2 rings (SSSR count). The minimum absolute atomic E-state index is 0.0234. The van der Waals surface area contributed by atoms with Crippen molar-refractivity contribution in [2.45, 2.75) is 52.1 Å². The van der Waals surface area contributed by atoms with Crippen molar-refractivity contribution < 1.29 is 14.4 Å². The van der Waals surface area contributed by atoms with Crippen LogP contribution in [0.25, 0.3) is 10.9 Å². The second-order valence-corrected chi connectivity index (χ2v) is 7.73. The topological polar surface area (TPSA) is 129 Å². The molecule has 8 heteroatoms. The first-order valence-electron chi connectivity index (χ1n) is 10.5. The summed E-state index contributed by atoms with van der Waals surface area (Å²) in [7, 11) is 0. The van der Waals surface area contributed by atoms with Crippen molar-refractivity contribution in [3.63, 3.8) is 0 Å². The number of primary amides is 1. The minimum atomic E-state index is -0.601. The Labute approximate surface area is 177 Å². The molecule has 1 aromatic heterocycles. The number of aromatic amines is 1. The van der Waals surface area contributed by atoms with Gasteiger partial charge in [0.1, 0.15) is 0 Å². The number of carbonyl (C=O) groups is 3. The van der Waals surface area contributed by atoms with Crippen LogP contribution < -0.4 is 21.7 Å². The van der Waals surface area contributed by atoms with E-state index in [-0.39, 0.29) is 17.6 Å². The molecule has 0 aliphatic rings. The van der Waals surface area contributed by atoms with Crippen molar-refractivity contribution in [3.8, 4) is 0 Å². The van der Waals surface area contributed by atoms with E-state index in [4.69, 9.17) is 5.73 Å². The lowest BCUT2D eigenvalue weighted by atomic mass is 9.97. The molecule has 0 fully saturated rings. The Morgan fingerprint density at radius 3 is 2.53 bits per heavy atom. The number of rotatable bonds is 12. The number of hydrogen-bond donors (Lipinski definition) is 5. The van der Waals surface area contributed by atoms with Gasteiger partial charge < -0.3 is 26.7 Å². The number of H-pyrrole nitrogens is 1. The van der Waals surface area contributed by atoms with E-state index in [1.165, 1.54) is 0 Å². The molecule has 2 atom stereocenters. The third-order valence-corrected chi connectivity index (χ3v) is 5.06. The van der Waals surface area contributed by atoms with Crippen LogP contribution in [0, 0.1) is 5.92 Å². The van der Waals surface area contributed by atoms with E-state index < -0.39 is 18.1 Å². The van der Waals surface area contributed by atoms with Gasteiger partial charge >= 0.3 is 6.03 Å². The van der Waals surface area contributed by atoms with E-state index in [1.54, 1.807) is 0 Å². The molecular weight excluding hydrogens is 382 g/mol. The third-order valence-electron chi connectivity index (χ3n) is 5.06. The molecule has 0 bridgehead atoms. The van der Waals surface area contributed by atoms with Crippen LogP contribution in [0.5, 0.6) is 0 Å². The first-order valence-corrected chi connectivity index (χ1v) is 10.5. The molecule has 0 saturated heterocycles. The van der Waals surface area contributed by atoms with Crippen LogP contribution >= 0.6 is 0 Å². The zero-order valence-electron chi connectivity index (χ0n) is 18.0. The van der Waals surface area contributed by atoms with Gasteiger partial charge in [0.25, 0.3) is 0 Å². The average Bonchev–Trinajstić information content (AvgIpc) is 3.12.